The summed E-state index contributed by atoms with van der Waals surface area (Å²) in [6.07, 6.45) is -0.808. The number of halogens is 2. The Hall–Kier alpha value is -1.19. The smallest absolute Gasteiger partial charge is 0.126 e. The lowest BCUT2D eigenvalue weighted by atomic mass is 9.99. The number of rotatable bonds is 2. The van der Waals surface area contributed by atoms with Gasteiger partial charge in [-0.1, -0.05) is 40.2 Å². The predicted octanol–water partition coefficient (Wildman–Crippen LogP) is 4.29. The van der Waals surface area contributed by atoms with E-state index in [2.05, 4.69) is 15.9 Å². The molecule has 2 rings (SSSR count). The lowest BCUT2D eigenvalue weighted by molar-refractivity contribution is 0.219. The van der Waals surface area contributed by atoms with E-state index in [1.165, 1.54) is 6.07 Å². The highest BCUT2D eigenvalue weighted by molar-refractivity contribution is 9.10. The van der Waals surface area contributed by atoms with Gasteiger partial charge in [-0.2, -0.15) is 0 Å². The Labute approximate surface area is 114 Å². The molecule has 0 radical (unpaired) electrons. The molecule has 3 heteroatoms. The van der Waals surface area contributed by atoms with Crippen LogP contribution in [0.3, 0.4) is 0 Å². The molecule has 1 unspecified atom stereocenters. The zero-order chi connectivity index (χ0) is 13.3. The molecular weight excluding hydrogens is 295 g/mol. The van der Waals surface area contributed by atoms with E-state index in [-0.39, 0.29) is 5.82 Å². The Morgan fingerprint density at radius 3 is 2.11 bits per heavy atom. The lowest BCUT2D eigenvalue weighted by Crippen LogP contribution is -2.01. The van der Waals surface area contributed by atoms with Crippen molar-refractivity contribution in [2.75, 3.05) is 0 Å². The van der Waals surface area contributed by atoms with Gasteiger partial charge in [0.05, 0.1) is 0 Å². The van der Waals surface area contributed by atoms with Crippen LogP contribution in [0.1, 0.15) is 28.4 Å². The molecule has 1 nitrogen and oxygen atoms in total. The van der Waals surface area contributed by atoms with Crippen molar-refractivity contribution in [3.05, 3.63) is 68.9 Å². The standard InChI is InChI=1S/C15H14BrFO/c1-9-3-5-11(7-13(9)16)15(18)12-6-4-10(2)14(17)8-12/h3-8,15,18H,1-2H3. The summed E-state index contributed by atoms with van der Waals surface area (Å²) in [6.45, 7) is 3.68. The monoisotopic (exact) mass is 308 g/mol. The number of aliphatic hydroxyl groups is 1. The minimum atomic E-state index is -0.808. The van der Waals surface area contributed by atoms with Crippen LogP contribution in [0.25, 0.3) is 0 Å². The van der Waals surface area contributed by atoms with Crippen molar-refractivity contribution < 1.29 is 9.50 Å². The summed E-state index contributed by atoms with van der Waals surface area (Å²) in [5, 5.41) is 10.2. The molecule has 0 fully saturated rings. The van der Waals surface area contributed by atoms with Crippen LogP contribution < -0.4 is 0 Å². The fourth-order valence-electron chi connectivity index (χ4n) is 1.75. The van der Waals surface area contributed by atoms with E-state index in [4.69, 9.17) is 0 Å². The number of aliphatic hydroxyl groups excluding tert-OH is 1. The zero-order valence-electron chi connectivity index (χ0n) is 10.2. The lowest BCUT2D eigenvalue weighted by Gasteiger charge is -2.13. The van der Waals surface area contributed by atoms with E-state index >= 15 is 0 Å². The summed E-state index contributed by atoms with van der Waals surface area (Å²) in [5.41, 5.74) is 2.99. The summed E-state index contributed by atoms with van der Waals surface area (Å²) < 4.78 is 14.4. The molecule has 18 heavy (non-hydrogen) atoms. The van der Waals surface area contributed by atoms with E-state index in [9.17, 15) is 9.50 Å². The summed E-state index contributed by atoms with van der Waals surface area (Å²) in [5.74, 6) is -0.294. The highest BCUT2D eigenvalue weighted by atomic mass is 79.9. The minimum Gasteiger partial charge on any atom is -0.384 e. The maximum absolute atomic E-state index is 13.5. The van der Waals surface area contributed by atoms with Gasteiger partial charge in [-0.25, -0.2) is 4.39 Å². The molecule has 2 aromatic carbocycles. The first-order chi connectivity index (χ1) is 8.49. The molecule has 0 bridgehead atoms. The molecule has 1 atom stereocenters. The van der Waals surface area contributed by atoms with Gasteiger partial charge in [0.15, 0.2) is 0 Å². The van der Waals surface area contributed by atoms with Crippen LogP contribution in [0.4, 0.5) is 4.39 Å². The molecule has 2 aromatic rings. The van der Waals surface area contributed by atoms with Crippen LogP contribution >= 0.6 is 15.9 Å². The van der Waals surface area contributed by atoms with E-state index in [1.54, 1.807) is 19.1 Å². The molecule has 0 saturated carbocycles. The van der Waals surface area contributed by atoms with Crippen LogP contribution in [0.2, 0.25) is 0 Å². The fourth-order valence-corrected chi connectivity index (χ4v) is 2.15. The highest BCUT2D eigenvalue weighted by Gasteiger charge is 2.12. The van der Waals surface area contributed by atoms with Gasteiger partial charge in [-0.15, -0.1) is 0 Å². The van der Waals surface area contributed by atoms with Crippen LogP contribution in [0.15, 0.2) is 40.9 Å². The second-order valence-corrected chi connectivity index (χ2v) is 5.27. The molecule has 0 aliphatic heterocycles. The van der Waals surface area contributed by atoms with Crippen molar-refractivity contribution in [1.82, 2.24) is 0 Å². The van der Waals surface area contributed by atoms with Crippen molar-refractivity contribution >= 4 is 15.9 Å². The van der Waals surface area contributed by atoms with E-state index < -0.39 is 6.10 Å². The van der Waals surface area contributed by atoms with E-state index in [0.717, 1.165) is 15.6 Å². The van der Waals surface area contributed by atoms with Crippen LogP contribution in [-0.4, -0.2) is 5.11 Å². The molecular formula is C15H14BrFO. The van der Waals surface area contributed by atoms with Gasteiger partial charge in [0.25, 0.3) is 0 Å². The number of hydrogen-bond acceptors (Lipinski definition) is 1. The van der Waals surface area contributed by atoms with Gasteiger partial charge in [-0.05, 0) is 48.2 Å². The van der Waals surface area contributed by atoms with Crippen LogP contribution in [0.5, 0.6) is 0 Å². The third-order valence-corrected chi connectivity index (χ3v) is 3.88. The molecule has 0 heterocycles. The third-order valence-electron chi connectivity index (χ3n) is 3.02. The maximum Gasteiger partial charge on any atom is 0.126 e. The van der Waals surface area contributed by atoms with Gasteiger partial charge >= 0.3 is 0 Å². The van der Waals surface area contributed by atoms with Gasteiger partial charge < -0.3 is 5.11 Å². The number of aryl methyl sites for hydroxylation is 2. The summed E-state index contributed by atoms with van der Waals surface area (Å²) >= 11 is 3.43. The van der Waals surface area contributed by atoms with Crippen molar-refractivity contribution in [1.29, 1.82) is 0 Å². The first kappa shape index (κ1) is 13.2. The zero-order valence-corrected chi connectivity index (χ0v) is 11.8. The normalized spacial score (nSPS) is 12.5. The predicted molar refractivity (Wildman–Crippen MR) is 74.1 cm³/mol. The first-order valence-electron chi connectivity index (χ1n) is 5.69. The summed E-state index contributed by atoms with van der Waals surface area (Å²) in [4.78, 5) is 0. The summed E-state index contributed by atoms with van der Waals surface area (Å²) in [7, 11) is 0. The molecule has 0 saturated heterocycles. The maximum atomic E-state index is 13.5. The summed E-state index contributed by atoms with van der Waals surface area (Å²) in [6, 6.07) is 10.4. The molecule has 0 aliphatic carbocycles. The van der Waals surface area contributed by atoms with Crippen molar-refractivity contribution in [3.8, 4) is 0 Å². The SMILES string of the molecule is Cc1ccc(C(O)c2ccc(C)c(Br)c2)cc1F. The first-order valence-corrected chi connectivity index (χ1v) is 6.48. The molecule has 0 spiro atoms. The quantitative estimate of drug-likeness (QED) is 0.877. The average molecular weight is 309 g/mol. The minimum absolute atomic E-state index is 0.294. The molecule has 94 valence electrons. The van der Waals surface area contributed by atoms with Crippen molar-refractivity contribution in [2.24, 2.45) is 0 Å². The van der Waals surface area contributed by atoms with Crippen LogP contribution in [-0.2, 0) is 0 Å². The number of benzene rings is 2. The second-order valence-electron chi connectivity index (χ2n) is 4.42. The van der Waals surface area contributed by atoms with Gasteiger partial charge in [0.2, 0.25) is 0 Å². The van der Waals surface area contributed by atoms with E-state index in [0.29, 0.717) is 11.1 Å². The largest absolute Gasteiger partial charge is 0.384 e. The van der Waals surface area contributed by atoms with Crippen molar-refractivity contribution in [2.45, 2.75) is 20.0 Å². The molecule has 0 amide bonds. The fraction of sp³-hybridized carbons (Fsp3) is 0.200. The Morgan fingerprint density at radius 2 is 1.56 bits per heavy atom. The average Bonchev–Trinajstić information content (AvgIpc) is 2.35. The van der Waals surface area contributed by atoms with E-state index in [1.807, 2.05) is 25.1 Å². The Morgan fingerprint density at radius 1 is 1.00 bits per heavy atom. The number of hydrogen-bond donors (Lipinski definition) is 1. The highest BCUT2D eigenvalue weighted by Crippen LogP contribution is 2.27. The second kappa shape index (κ2) is 5.21. The molecule has 0 aliphatic rings. The van der Waals surface area contributed by atoms with Crippen molar-refractivity contribution in [3.63, 3.8) is 0 Å². The van der Waals surface area contributed by atoms with Gasteiger partial charge in [0, 0.05) is 4.47 Å². The van der Waals surface area contributed by atoms with Gasteiger partial charge in [0.1, 0.15) is 11.9 Å². The third kappa shape index (κ3) is 2.62. The van der Waals surface area contributed by atoms with Gasteiger partial charge in [-0.3, -0.25) is 0 Å². The topological polar surface area (TPSA) is 20.2 Å². The Kier molecular flexibility index (Phi) is 3.83. The Balaban J connectivity index is 2.37. The molecule has 1 N–H and O–H groups in total. The van der Waals surface area contributed by atoms with Crippen LogP contribution in [0, 0.1) is 19.7 Å². The molecule has 0 aromatic heterocycles. The Bertz CT molecular complexity index is 529.